The number of quaternary nitrogens is 1. The maximum absolute atomic E-state index is 5.91. The van der Waals surface area contributed by atoms with E-state index in [-0.39, 0.29) is 0 Å². The number of rotatable bonds is 4. The first kappa shape index (κ1) is 13.0. The molecule has 1 aromatic rings. The van der Waals surface area contributed by atoms with Gasteiger partial charge in [0, 0.05) is 5.69 Å². The Labute approximate surface area is 108 Å². The molecule has 0 radical (unpaired) electrons. The van der Waals surface area contributed by atoms with E-state index >= 15 is 0 Å². The van der Waals surface area contributed by atoms with Crippen LogP contribution in [-0.4, -0.2) is 50.9 Å². The van der Waals surface area contributed by atoms with Gasteiger partial charge in [-0.25, -0.2) is 0 Å². The lowest BCUT2D eigenvalue weighted by Gasteiger charge is -2.37. The number of nitrogen functional groups attached to an aromatic ring is 2. The van der Waals surface area contributed by atoms with Crippen molar-refractivity contribution in [2.45, 2.75) is 0 Å². The molecule has 0 atom stereocenters. The third kappa shape index (κ3) is 3.27. The van der Waals surface area contributed by atoms with E-state index in [1.165, 1.54) is 0 Å². The molecule has 100 valence electrons. The summed E-state index contributed by atoms with van der Waals surface area (Å²) in [5, 5.41) is 3.38. The van der Waals surface area contributed by atoms with E-state index in [0.29, 0.717) is 11.4 Å². The van der Waals surface area contributed by atoms with Crippen LogP contribution in [0.3, 0.4) is 0 Å². The average Bonchev–Trinajstić information content (AvgIpc) is 2.33. The van der Waals surface area contributed by atoms with Gasteiger partial charge < -0.3 is 26.0 Å². The van der Waals surface area contributed by atoms with Gasteiger partial charge in [-0.2, -0.15) is 0 Å². The lowest BCUT2D eigenvalue weighted by molar-refractivity contribution is -0.915. The van der Waals surface area contributed by atoms with Gasteiger partial charge >= 0.3 is 0 Å². The van der Waals surface area contributed by atoms with Crippen LogP contribution in [0.2, 0.25) is 0 Å². The van der Waals surface area contributed by atoms with Crippen LogP contribution in [0, 0.1) is 0 Å². The summed E-state index contributed by atoms with van der Waals surface area (Å²) in [6.45, 7) is 5.87. The lowest BCUT2D eigenvalue weighted by Crippen LogP contribution is -2.53. The molecule has 1 aliphatic rings. The summed E-state index contributed by atoms with van der Waals surface area (Å²) in [7, 11) is 2.27. The maximum Gasteiger partial charge on any atom is 0.102 e. The van der Waals surface area contributed by atoms with Crippen molar-refractivity contribution in [2.75, 3.05) is 63.2 Å². The molecule has 0 aromatic heterocycles. The average molecular weight is 251 g/mol. The van der Waals surface area contributed by atoms with Crippen LogP contribution in [0.25, 0.3) is 0 Å². The van der Waals surface area contributed by atoms with Gasteiger partial charge in [-0.3, -0.25) is 0 Å². The van der Waals surface area contributed by atoms with Crippen LogP contribution >= 0.6 is 0 Å². The highest BCUT2D eigenvalue weighted by molar-refractivity contribution is 5.70. The van der Waals surface area contributed by atoms with Crippen molar-refractivity contribution in [1.29, 1.82) is 0 Å². The SMILES string of the molecule is C[N+]1(CCNc2ccc(N)cc2N)CCOCC1. The highest BCUT2D eigenvalue weighted by atomic mass is 16.5. The van der Waals surface area contributed by atoms with Crippen LogP contribution in [0.1, 0.15) is 0 Å². The second kappa shape index (κ2) is 5.46. The first-order valence-electron chi connectivity index (χ1n) is 6.39. The van der Waals surface area contributed by atoms with Gasteiger partial charge in [0.15, 0.2) is 0 Å². The smallest absolute Gasteiger partial charge is 0.102 e. The molecule has 1 fully saturated rings. The van der Waals surface area contributed by atoms with Gasteiger partial charge in [0.1, 0.15) is 13.1 Å². The minimum Gasteiger partial charge on any atom is -0.399 e. The van der Waals surface area contributed by atoms with Crippen molar-refractivity contribution in [1.82, 2.24) is 0 Å². The second-order valence-electron chi connectivity index (χ2n) is 5.18. The molecule has 1 saturated heterocycles. The third-order valence-corrected chi connectivity index (χ3v) is 3.59. The largest absolute Gasteiger partial charge is 0.399 e. The highest BCUT2D eigenvalue weighted by Crippen LogP contribution is 2.20. The molecule has 0 bridgehead atoms. The summed E-state index contributed by atoms with van der Waals surface area (Å²) in [5.41, 5.74) is 13.9. The predicted octanol–water partition coefficient (Wildman–Crippen LogP) is 0.740. The summed E-state index contributed by atoms with van der Waals surface area (Å²) >= 11 is 0. The fourth-order valence-electron chi connectivity index (χ4n) is 2.21. The number of hydrogen-bond donors (Lipinski definition) is 3. The highest BCUT2D eigenvalue weighted by Gasteiger charge is 2.24. The summed E-state index contributed by atoms with van der Waals surface area (Å²) in [6.07, 6.45) is 0. The molecular weight excluding hydrogens is 228 g/mol. The van der Waals surface area contributed by atoms with Crippen molar-refractivity contribution in [3.63, 3.8) is 0 Å². The number of benzene rings is 1. The molecule has 5 heteroatoms. The standard InChI is InChI=1S/C13H23N4O/c1-17(6-8-18-9-7-17)5-4-16-13-3-2-11(14)10-12(13)15/h2-3,10,16H,4-9,14-15H2,1H3/q+1. The number of nitrogens with zero attached hydrogens (tertiary/aromatic N) is 1. The topological polar surface area (TPSA) is 73.3 Å². The van der Waals surface area contributed by atoms with Gasteiger partial charge in [0.05, 0.1) is 44.7 Å². The lowest BCUT2D eigenvalue weighted by atomic mass is 10.2. The summed E-state index contributed by atoms with van der Waals surface area (Å²) < 4.78 is 6.45. The quantitative estimate of drug-likeness (QED) is 0.545. The molecule has 0 saturated carbocycles. The van der Waals surface area contributed by atoms with E-state index in [9.17, 15) is 0 Å². The van der Waals surface area contributed by atoms with Gasteiger partial charge in [0.2, 0.25) is 0 Å². The molecule has 5 nitrogen and oxygen atoms in total. The number of ether oxygens (including phenoxy) is 1. The van der Waals surface area contributed by atoms with E-state index < -0.39 is 0 Å². The fourth-order valence-corrected chi connectivity index (χ4v) is 2.21. The van der Waals surface area contributed by atoms with E-state index in [0.717, 1.165) is 49.6 Å². The Balaban J connectivity index is 1.84. The zero-order valence-corrected chi connectivity index (χ0v) is 11.0. The minimum atomic E-state index is 0.699. The van der Waals surface area contributed by atoms with Gasteiger partial charge in [0.25, 0.3) is 0 Å². The number of hydrogen-bond acceptors (Lipinski definition) is 4. The molecule has 0 amide bonds. The van der Waals surface area contributed by atoms with Crippen LogP contribution in [0.15, 0.2) is 18.2 Å². The summed E-state index contributed by atoms with van der Waals surface area (Å²) in [6, 6.07) is 5.58. The molecule has 0 aliphatic carbocycles. The molecule has 1 aliphatic heterocycles. The van der Waals surface area contributed by atoms with Crippen LogP contribution in [0.5, 0.6) is 0 Å². The van der Waals surface area contributed by atoms with Crippen molar-refractivity contribution < 1.29 is 9.22 Å². The molecule has 0 unspecified atom stereocenters. The van der Waals surface area contributed by atoms with E-state index in [1.54, 1.807) is 6.07 Å². The summed E-state index contributed by atoms with van der Waals surface area (Å²) in [5.74, 6) is 0. The van der Waals surface area contributed by atoms with Crippen LogP contribution in [0.4, 0.5) is 17.1 Å². The van der Waals surface area contributed by atoms with Gasteiger partial charge in [-0.15, -0.1) is 0 Å². The number of morpholine rings is 1. The zero-order valence-electron chi connectivity index (χ0n) is 11.0. The second-order valence-corrected chi connectivity index (χ2v) is 5.18. The number of nitrogens with two attached hydrogens (primary N) is 2. The van der Waals surface area contributed by atoms with Gasteiger partial charge in [-0.1, -0.05) is 0 Å². The minimum absolute atomic E-state index is 0.699. The molecule has 1 aromatic carbocycles. The maximum atomic E-state index is 5.91. The Bertz CT molecular complexity index is 402. The first-order chi connectivity index (χ1) is 8.59. The van der Waals surface area contributed by atoms with Crippen molar-refractivity contribution in [3.05, 3.63) is 18.2 Å². The van der Waals surface area contributed by atoms with Crippen molar-refractivity contribution in [2.24, 2.45) is 0 Å². The Morgan fingerprint density at radius 2 is 2.00 bits per heavy atom. The fraction of sp³-hybridized carbons (Fsp3) is 0.538. The first-order valence-corrected chi connectivity index (χ1v) is 6.39. The third-order valence-electron chi connectivity index (χ3n) is 3.59. The van der Waals surface area contributed by atoms with Crippen molar-refractivity contribution >= 4 is 17.1 Å². The number of anilines is 3. The number of nitrogens with one attached hydrogen (secondary N) is 1. The Morgan fingerprint density at radius 1 is 1.28 bits per heavy atom. The van der Waals surface area contributed by atoms with E-state index in [2.05, 4.69) is 12.4 Å². The monoisotopic (exact) mass is 251 g/mol. The van der Waals surface area contributed by atoms with Crippen LogP contribution < -0.4 is 16.8 Å². The summed E-state index contributed by atoms with van der Waals surface area (Å²) in [4.78, 5) is 0. The van der Waals surface area contributed by atoms with E-state index in [1.807, 2.05) is 12.1 Å². The number of likely N-dealkylation sites (N-methyl/N-ethyl adjacent to an activating group) is 1. The predicted molar refractivity (Wildman–Crippen MR) is 75.4 cm³/mol. The molecular formula is C13H23N4O+. The zero-order chi connectivity index (χ0) is 13.0. The van der Waals surface area contributed by atoms with Crippen LogP contribution in [-0.2, 0) is 4.74 Å². The van der Waals surface area contributed by atoms with E-state index in [4.69, 9.17) is 16.2 Å². The van der Waals surface area contributed by atoms with Crippen molar-refractivity contribution in [3.8, 4) is 0 Å². The molecule has 18 heavy (non-hydrogen) atoms. The van der Waals surface area contributed by atoms with Gasteiger partial charge in [-0.05, 0) is 18.2 Å². The molecule has 1 heterocycles. The Morgan fingerprint density at radius 3 is 2.67 bits per heavy atom. The molecule has 0 spiro atoms. The Kier molecular flexibility index (Phi) is 3.93. The normalized spacial score (nSPS) is 18.5. The Hall–Kier alpha value is -1.46. The molecule has 5 N–H and O–H groups in total. The molecule has 2 rings (SSSR count).